The molecule has 0 aromatic heterocycles. The van der Waals surface area contributed by atoms with Gasteiger partial charge in [0.05, 0.1) is 12.7 Å². The number of carbonyl (C=O) groups is 1. The molecular formula is C11H14O3. The van der Waals surface area contributed by atoms with Gasteiger partial charge in [-0.1, -0.05) is 6.92 Å². The van der Waals surface area contributed by atoms with Crippen LogP contribution in [0.5, 0.6) is 11.5 Å². The van der Waals surface area contributed by atoms with E-state index in [0.29, 0.717) is 29.6 Å². The fourth-order valence-electron chi connectivity index (χ4n) is 1.45. The lowest BCUT2D eigenvalue weighted by molar-refractivity contribution is 0.112. The van der Waals surface area contributed by atoms with E-state index in [4.69, 9.17) is 4.74 Å². The highest BCUT2D eigenvalue weighted by molar-refractivity contribution is 5.83. The Morgan fingerprint density at radius 3 is 2.64 bits per heavy atom. The number of aldehydes is 1. The van der Waals surface area contributed by atoms with Crippen molar-refractivity contribution in [2.24, 2.45) is 0 Å². The summed E-state index contributed by atoms with van der Waals surface area (Å²) in [6.45, 7) is 3.65. The number of benzene rings is 1. The lowest BCUT2D eigenvalue weighted by Gasteiger charge is -2.11. The van der Waals surface area contributed by atoms with E-state index in [9.17, 15) is 9.90 Å². The standard InChI is InChI=1S/C11H14O3/c1-4-8-5-10(14-3)7(2)11(13)9(8)6-12/h5-6,13H,4H2,1-3H3. The number of carbonyl (C=O) groups excluding carboxylic acids is 1. The number of rotatable bonds is 3. The van der Waals surface area contributed by atoms with Crippen molar-refractivity contribution in [3.8, 4) is 11.5 Å². The molecule has 3 nitrogen and oxygen atoms in total. The summed E-state index contributed by atoms with van der Waals surface area (Å²) in [4.78, 5) is 10.8. The summed E-state index contributed by atoms with van der Waals surface area (Å²) in [5, 5.41) is 9.71. The number of methoxy groups -OCH3 is 1. The highest BCUT2D eigenvalue weighted by atomic mass is 16.5. The van der Waals surface area contributed by atoms with Gasteiger partial charge in [-0.2, -0.15) is 0 Å². The first-order chi connectivity index (χ1) is 6.65. The molecule has 0 heterocycles. The minimum atomic E-state index is 0.0243. The molecule has 0 aliphatic rings. The van der Waals surface area contributed by atoms with Crippen molar-refractivity contribution < 1.29 is 14.6 Å². The molecule has 14 heavy (non-hydrogen) atoms. The summed E-state index contributed by atoms with van der Waals surface area (Å²) in [6, 6.07) is 1.79. The number of phenolic OH excluding ortho intramolecular Hbond substituents is 1. The zero-order chi connectivity index (χ0) is 10.7. The van der Waals surface area contributed by atoms with Crippen LogP contribution in [0.15, 0.2) is 6.07 Å². The Balaban J connectivity index is 3.45. The van der Waals surface area contributed by atoms with E-state index in [1.807, 2.05) is 6.92 Å². The van der Waals surface area contributed by atoms with Crippen LogP contribution in [0.4, 0.5) is 0 Å². The first-order valence-electron chi connectivity index (χ1n) is 4.50. The Morgan fingerprint density at radius 1 is 1.57 bits per heavy atom. The van der Waals surface area contributed by atoms with Crippen molar-refractivity contribution >= 4 is 6.29 Å². The molecule has 0 radical (unpaired) electrons. The molecule has 0 bridgehead atoms. The lowest BCUT2D eigenvalue weighted by atomic mass is 10.0. The normalized spacial score (nSPS) is 9.93. The zero-order valence-corrected chi connectivity index (χ0v) is 8.63. The SMILES string of the molecule is CCc1cc(OC)c(C)c(O)c1C=O. The molecule has 76 valence electrons. The molecule has 0 aliphatic heterocycles. The van der Waals surface area contributed by atoms with Crippen molar-refractivity contribution in [2.75, 3.05) is 7.11 Å². The van der Waals surface area contributed by atoms with Gasteiger partial charge in [-0.15, -0.1) is 0 Å². The number of hydrogen-bond acceptors (Lipinski definition) is 3. The predicted octanol–water partition coefficient (Wildman–Crippen LogP) is 2.08. The van der Waals surface area contributed by atoms with E-state index in [1.54, 1.807) is 20.1 Å². The van der Waals surface area contributed by atoms with Gasteiger partial charge in [0.1, 0.15) is 11.5 Å². The quantitative estimate of drug-likeness (QED) is 0.749. The molecule has 0 atom stereocenters. The van der Waals surface area contributed by atoms with Gasteiger partial charge in [-0.05, 0) is 25.0 Å². The largest absolute Gasteiger partial charge is 0.507 e. The van der Waals surface area contributed by atoms with Gasteiger partial charge in [0.15, 0.2) is 6.29 Å². The van der Waals surface area contributed by atoms with E-state index >= 15 is 0 Å². The van der Waals surface area contributed by atoms with E-state index in [1.165, 1.54) is 0 Å². The third-order valence-electron chi connectivity index (χ3n) is 2.35. The number of aryl methyl sites for hydroxylation is 1. The maximum atomic E-state index is 10.8. The number of hydrogen-bond donors (Lipinski definition) is 1. The van der Waals surface area contributed by atoms with Crippen LogP contribution in [-0.4, -0.2) is 18.5 Å². The molecule has 1 aromatic rings. The second-order valence-electron chi connectivity index (χ2n) is 3.10. The van der Waals surface area contributed by atoms with E-state index in [-0.39, 0.29) is 5.75 Å². The molecule has 1 aromatic carbocycles. The fourth-order valence-corrected chi connectivity index (χ4v) is 1.45. The molecule has 0 spiro atoms. The van der Waals surface area contributed by atoms with Crippen LogP contribution >= 0.6 is 0 Å². The van der Waals surface area contributed by atoms with Gasteiger partial charge in [0, 0.05) is 5.56 Å². The van der Waals surface area contributed by atoms with Gasteiger partial charge < -0.3 is 9.84 Å². The van der Waals surface area contributed by atoms with Crippen molar-refractivity contribution in [3.05, 3.63) is 22.8 Å². The molecular weight excluding hydrogens is 180 g/mol. The van der Waals surface area contributed by atoms with Crippen LogP contribution in [0.1, 0.15) is 28.4 Å². The second-order valence-corrected chi connectivity index (χ2v) is 3.10. The van der Waals surface area contributed by atoms with Gasteiger partial charge in [-0.25, -0.2) is 0 Å². The van der Waals surface area contributed by atoms with Crippen LogP contribution in [0.25, 0.3) is 0 Å². The zero-order valence-electron chi connectivity index (χ0n) is 8.63. The van der Waals surface area contributed by atoms with Crippen molar-refractivity contribution in [1.82, 2.24) is 0 Å². The number of phenols is 1. The Bertz CT molecular complexity index is 356. The van der Waals surface area contributed by atoms with Crippen LogP contribution in [0, 0.1) is 6.92 Å². The van der Waals surface area contributed by atoms with Crippen LogP contribution in [0.2, 0.25) is 0 Å². The van der Waals surface area contributed by atoms with Gasteiger partial charge in [-0.3, -0.25) is 4.79 Å². The molecule has 1 rings (SSSR count). The molecule has 0 fully saturated rings. The molecule has 0 saturated heterocycles. The predicted molar refractivity (Wildman–Crippen MR) is 54.2 cm³/mol. The Hall–Kier alpha value is -1.51. The molecule has 0 aliphatic carbocycles. The maximum absolute atomic E-state index is 10.8. The third-order valence-corrected chi connectivity index (χ3v) is 2.35. The minimum Gasteiger partial charge on any atom is -0.507 e. The van der Waals surface area contributed by atoms with Crippen molar-refractivity contribution in [1.29, 1.82) is 0 Å². The summed E-state index contributed by atoms with van der Waals surface area (Å²) in [6.07, 6.45) is 1.37. The van der Waals surface area contributed by atoms with Gasteiger partial charge >= 0.3 is 0 Å². The van der Waals surface area contributed by atoms with Crippen LogP contribution in [-0.2, 0) is 6.42 Å². The molecule has 0 saturated carbocycles. The van der Waals surface area contributed by atoms with Crippen LogP contribution in [0.3, 0.4) is 0 Å². The fraction of sp³-hybridized carbons (Fsp3) is 0.364. The van der Waals surface area contributed by atoms with Gasteiger partial charge in [0.2, 0.25) is 0 Å². The maximum Gasteiger partial charge on any atom is 0.154 e. The lowest BCUT2D eigenvalue weighted by Crippen LogP contribution is -1.97. The third kappa shape index (κ3) is 1.58. The summed E-state index contributed by atoms with van der Waals surface area (Å²) in [5.74, 6) is 0.640. The smallest absolute Gasteiger partial charge is 0.154 e. The van der Waals surface area contributed by atoms with E-state index in [2.05, 4.69) is 0 Å². The minimum absolute atomic E-state index is 0.0243. The van der Waals surface area contributed by atoms with E-state index in [0.717, 1.165) is 5.56 Å². The molecule has 3 heteroatoms. The summed E-state index contributed by atoms with van der Waals surface area (Å²) >= 11 is 0. The average Bonchev–Trinajstić information content (AvgIpc) is 2.21. The first-order valence-corrected chi connectivity index (χ1v) is 4.50. The highest BCUT2D eigenvalue weighted by Crippen LogP contribution is 2.32. The Labute approximate surface area is 83.3 Å². The first kappa shape index (κ1) is 10.6. The Kier molecular flexibility index (Phi) is 3.12. The summed E-state index contributed by atoms with van der Waals surface area (Å²) in [5.41, 5.74) is 1.78. The van der Waals surface area contributed by atoms with E-state index < -0.39 is 0 Å². The number of aromatic hydroxyl groups is 1. The van der Waals surface area contributed by atoms with Crippen molar-refractivity contribution in [2.45, 2.75) is 20.3 Å². The summed E-state index contributed by atoms with van der Waals surface area (Å²) < 4.78 is 5.09. The average molecular weight is 194 g/mol. The monoisotopic (exact) mass is 194 g/mol. The van der Waals surface area contributed by atoms with Gasteiger partial charge in [0.25, 0.3) is 0 Å². The topological polar surface area (TPSA) is 46.5 Å². The molecule has 1 N–H and O–H groups in total. The highest BCUT2D eigenvalue weighted by Gasteiger charge is 2.13. The molecule has 0 amide bonds. The Morgan fingerprint density at radius 2 is 2.21 bits per heavy atom. The number of ether oxygens (including phenoxy) is 1. The second kappa shape index (κ2) is 4.13. The van der Waals surface area contributed by atoms with Crippen LogP contribution < -0.4 is 4.74 Å². The molecule has 0 unspecified atom stereocenters. The summed E-state index contributed by atoms with van der Waals surface area (Å²) in [7, 11) is 1.54. The van der Waals surface area contributed by atoms with Crippen molar-refractivity contribution in [3.63, 3.8) is 0 Å².